The molecule has 0 aliphatic rings. The normalized spacial score (nSPS) is 11.1. The first-order chi connectivity index (χ1) is 13.5. The molecule has 8 heteroatoms. The van der Waals surface area contributed by atoms with E-state index in [1.807, 2.05) is 0 Å². The molecular formula is C20H14O8. The molecule has 0 amide bonds. The van der Waals surface area contributed by atoms with Gasteiger partial charge in [-0.25, -0.2) is 9.59 Å². The highest BCUT2D eigenvalue weighted by atomic mass is 16.5. The molecule has 0 saturated heterocycles. The van der Waals surface area contributed by atoms with E-state index in [0.29, 0.717) is 16.7 Å². The third-order valence-electron chi connectivity index (χ3n) is 4.46. The molecular weight excluding hydrogens is 368 g/mol. The molecule has 28 heavy (non-hydrogen) atoms. The molecule has 0 fully saturated rings. The van der Waals surface area contributed by atoms with Crippen LogP contribution in [-0.2, 0) is 9.47 Å². The van der Waals surface area contributed by atoms with Crippen LogP contribution in [0.2, 0.25) is 0 Å². The number of rotatable bonds is 3. The summed E-state index contributed by atoms with van der Waals surface area (Å²) < 4.78 is 20.5. The lowest BCUT2D eigenvalue weighted by Crippen LogP contribution is -2.01. The fourth-order valence-corrected chi connectivity index (χ4v) is 3.07. The van der Waals surface area contributed by atoms with Gasteiger partial charge in [-0.1, -0.05) is 0 Å². The maximum Gasteiger partial charge on any atom is 0.341 e. The lowest BCUT2D eigenvalue weighted by molar-refractivity contribution is 0.0588. The van der Waals surface area contributed by atoms with Crippen molar-refractivity contribution in [1.82, 2.24) is 0 Å². The number of benzene rings is 2. The summed E-state index contributed by atoms with van der Waals surface area (Å²) in [6, 6.07) is 7.33. The highest BCUT2D eigenvalue weighted by Crippen LogP contribution is 2.42. The summed E-state index contributed by atoms with van der Waals surface area (Å²) in [6.07, 6.45) is 1.36. The van der Waals surface area contributed by atoms with Gasteiger partial charge in [0.25, 0.3) is 0 Å². The van der Waals surface area contributed by atoms with Gasteiger partial charge < -0.3 is 28.5 Å². The number of fused-ring (bicyclic) bond motifs is 2. The molecule has 0 unspecified atom stereocenters. The molecule has 0 bridgehead atoms. The summed E-state index contributed by atoms with van der Waals surface area (Å²) >= 11 is 0. The van der Waals surface area contributed by atoms with Crippen LogP contribution in [0.1, 0.15) is 20.7 Å². The molecule has 0 saturated carbocycles. The molecule has 4 aromatic rings. The Balaban J connectivity index is 1.93. The van der Waals surface area contributed by atoms with E-state index in [0.717, 1.165) is 0 Å². The number of hydrogen-bond donors (Lipinski definition) is 2. The third-order valence-corrected chi connectivity index (χ3v) is 4.46. The smallest absolute Gasteiger partial charge is 0.341 e. The van der Waals surface area contributed by atoms with Crippen LogP contribution in [0.3, 0.4) is 0 Å². The van der Waals surface area contributed by atoms with Crippen molar-refractivity contribution < 1.29 is 38.1 Å². The zero-order chi connectivity index (χ0) is 20.0. The Hall–Kier alpha value is -3.94. The van der Waals surface area contributed by atoms with Crippen molar-refractivity contribution in [2.45, 2.75) is 0 Å². The molecule has 2 aromatic carbocycles. The molecule has 0 spiro atoms. The van der Waals surface area contributed by atoms with Gasteiger partial charge in [0.1, 0.15) is 45.8 Å². The van der Waals surface area contributed by atoms with Crippen LogP contribution >= 0.6 is 0 Å². The zero-order valence-corrected chi connectivity index (χ0v) is 14.8. The number of furan rings is 2. The Kier molecular flexibility index (Phi) is 3.96. The Morgan fingerprint density at radius 1 is 0.893 bits per heavy atom. The van der Waals surface area contributed by atoms with Gasteiger partial charge in [-0.2, -0.15) is 0 Å². The second-order valence-electron chi connectivity index (χ2n) is 5.95. The van der Waals surface area contributed by atoms with Crippen molar-refractivity contribution in [1.29, 1.82) is 0 Å². The number of hydrogen-bond acceptors (Lipinski definition) is 8. The van der Waals surface area contributed by atoms with Crippen LogP contribution in [0.15, 0.2) is 45.4 Å². The quantitative estimate of drug-likeness (QED) is 0.513. The number of carbonyl (C=O) groups excluding carboxylic acids is 2. The molecule has 4 rings (SSSR count). The van der Waals surface area contributed by atoms with Crippen molar-refractivity contribution >= 4 is 33.9 Å². The van der Waals surface area contributed by atoms with E-state index in [9.17, 15) is 19.8 Å². The van der Waals surface area contributed by atoms with E-state index in [1.54, 1.807) is 0 Å². The molecule has 142 valence electrons. The fraction of sp³-hybridized carbons (Fsp3) is 0.100. The molecule has 0 radical (unpaired) electrons. The van der Waals surface area contributed by atoms with Crippen LogP contribution in [0.5, 0.6) is 11.5 Å². The molecule has 0 aliphatic heterocycles. The molecule has 2 N–H and O–H groups in total. The first kappa shape index (κ1) is 17.5. The monoisotopic (exact) mass is 382 g/mol. The SMILES string of the molecule is COC(=O)c1ccc2oc(-c3coc4ccc(C(=O)OC)c(O)c34)cc2c1O. The summed E-state index contributed by atoms with van der Waals surface area (Å²) in [7, 11) is 2.43. The van der Waals surface area contributed by atoms with Gasteiger partial charge in [0.05, 0.1) is 30.6 Å². The Labute approximate surface area is 157 Å². The molecule has 8 nitrogen and oxygen atoms in total. The minimum Gasteiger partial charge on any atom is -0.506 e. The topological polar surface area (TPSA) is 119 Å². The summed E-state index contributed by atoms with van der Waals surface area (Å²) in [5, 5.41) is 21.5. The number of methoxy groups -OCH3 is 2. The van der Waals surface area contributed by atoms with E-state index < -0.39 is 11.9 Å². The minimum atomic E-state index is -0.698. The van der Waals surface area contributed by atoms with Crippen LogP contribution in [0.4, 0.5) is 0 Å². The van der Waals surface area contributed by atoms with Crippen LogP contribution in [0, 0.1) is 0 Å². The standard InChI is InChI=1S/C20H14O8/c1-25-19(23)9-3-5-13-11(17(9)21)7-15(28-13)12-8-27-14-6-4-10(20(24)26-2)18(22)16(12)14/h3-8,21-22H,1-2H3. The zero-order valence-electron chi connectivity index (χ0n) is 14.8. The number of phenols is 2. The highest BCUT2D eigenvalue weighted by molar-refractivity contribution is 6.06. The number of esters is 2. The third kappa shape index (κ3) is 2.46. The van der Waals surface area contributed by atoms with Crippen LogP contribution < -0.4 is 0 Å². The second-order valence-corrected chi connectivity index (χ2v) is 5.95. The van der Waals surface area contributed by atoms with Gasteiger partial charge >= 0.3 is 11.9 Å². The van der Waals surface area contributed by atoms with Gasteiger partial charge in [0, 0.05) is 0 Å². The van der Waals surface area contributed by atoms with Crippen molar-refractivity contribution in [3.63, 3.8) is 0 Å². The summed E-state index contributed by atoms with van der Waals surface area (Å²) in [5.41, 5.74) is 0.992. The van der Waals surface area contributed by atoms with Crippen molar-refractivity contribution in [3.8, 4) is 22.8 Å². The second kappa shape index (κ2) is 6.34. The Morgan fingerprint density at radius 2 is 1.50 bits per heavy atom. The molecule has 0 atom stereocenters. The number of ether oxygens (including phenoxy) is 2. The maximum atomic E-state index is 11.8. The van der Waals surface area contributed by atoms with E-state index in [1.165, 1.54) is 50.8 Å². The average molecular weight is 382 g/mol. The lowest BCUT2D eigenvalue weighted by atomic mass is 10.1. The lowest BCUT2D eigenvalue weighted by Gasteiger charge is -2.04. The molecule has 2 aromatic heterocycles. The van der Waals surface area contributed by atoms with E-state index in [2.05, 4.69) is 9.47 Å². The number of carbonyl (C=O) groups is 2. The predicted molar refractivity (Wildman–Crippen MR) is 97.4 cm³/mol. The minimum absolute atomic E-state index is 0.00442. The summed E-state index contributed by atoms with van der Waals surface area (Å²) in [6.45, 7) is 0. The summed E-state index contributed by atoms with van der Waals surface area (Å²) in [5.74, 6) is -1.71. The van der Waals surface area contributed by atoms with Gasteiger partial charge in [-0.3, -0.25) is 0 Å². The average Bonchev–Trinajstić information content (AvgIpc) is 3.32. The number of aromatic hydroxyl groups is 2. The Bertz CT molecular complexity index is 1240. The highest BCUT2D eigenvalue weighted by Gasteiger charge is 2.23. The van der Waals surface area contributed by atoms with Crippen LogP contribution in [0.25, 0.3) is 33.3 Å². The number of phenolic OH excluding ortho intramolecular Hbond substituents is 2. The largest absolute Gasteiger partial charge is 0.506 e. The van der Waals surface area contributed by atoms with E-state index >= 15 is 0 Å². The van der Waals surface area contributed by atoms with Gasteiger partial charge in [-0.05, 0) is 30.3 Å². The van der Waals surface area contributed by atoms with Crippen molar-refractivity contribution in [2.24, 2.45) is 0 Å². The van der Waals surface area contributed by atoms with Crippen LogP contribution in [-0.4, -0.2) is 36.4 Å². The van der Waals surface area contributed by atoms with Gasteiger partial charge in [0.2, 0.25) is 0 Å². The van der Waals surface area contributed by atoms with Gasteiger partial charge in [0.15, 0.2) is 0 Å². The van der Waals surface area contributed by atoms with Crippen molar-refractivity contribution in [2.75, 3.05) is 14.2 Å². The molecule has 2 heterocycles. The molecule has 0 aliphatic carbocycles. The maximum absolute atomic E-state index is 11.8. The van der Waals surface area contributed by atoms with Crippen molar-refractivity contribution in [3.05, 3.63) is 47.7 Å². The first-order valence-corrected chi connectivity index (χ1v) is 8.12. The summed E-state index contributed by atoms with van der Waals surface area (Å²) in [4.78, 5) is 23.6. The van der Waals surface area contributed by atoms with Gasteiger partial charge in [-0.15, -0.1) is 0 Å². The van der Waals surface area contributed by atoms with E-state index in [4.69, 9.17) is 8.83 Å². The first-order valence-electron chi connectivity index (χ1n) is 8.12. The van der Waals surface area contributed by atoms with E-state index in [-0.39, 0.29) is 39.2 Å². The Morgan fingerprint density at radius 3 is 2.14 bits per heavy atom. The fourth-order valence-electron chi connectivity index (χ4n) is 3.07. The predicted octanol–water partition coefficient (Wildman–Crippen LogP) is 3.83.